The van der Waals surface area contributed by atoms with Crippen LogP contribution in [0.15, 0.2) is 182 Å². The molecule has 0 amide bonds. The van der Waals surface area contributed by atoms with Crippen molar-refractivity contribution < 1.29 is 0 Å². The van der Waals surface area contributed by atoms with Crippen LogP contribution in [0.2, 0.25) is 0 Å². The third-order valence-corrected chi connectivity index (χ3v) is 10.2. The smallest absolute Gasteiger partial charge is 0.0471 e. The summed E-state index contributed by atoms with van der Waals surface area (Å²) in [5, 5.41) is 10.1. The molecule has 10 rings (SSSR count). The molecule has 0 bridgehead atoms. The van der Waals surface area contributed by atoms with Crippen LogP contribution in [0, 0.1) is 0 Å². The third-order valence-electron chi connectivity index (χ3n) is 10.2. The van der Waals surface area contributed by atoms with Gasteiger partial charge in [-0.05, 0) is 101 Å². The molecule has 1 heteroatoms. The molecule has 0 aliphatic carbocycles. The number of hydrogen-bond donors (Lipinski definition) is 1. The van der Waals surface area contributed by atoms with Crippen LogP contribution in [0.1, 0.15) is 0 Å². The molecule has 1 nitrogen and oxygen atoms in total. The maximum Gasteiger partial charge on any atom is 0.0471 e. The summed E-state index contributed by atoms with van der Waals surface area (Å²) >= 11 is 0. The van der Waals surface area contributed by atoms with Crippen LogP contribution in [-0.2, 0) is 0 Å². The van der Waals surface area contributed by atoms with Crippen molar-refractivity contribution in [3.05, 3.63) is 182 Å². The van der Waals surface area contributed by atoms with E-state index in [0.29, 0.717) is 0 Å². The lowest BCUT2D eigenvalue weighted by molar-refractivity contribution is 1.55. The second kappa shape index (κ2) is 11.1. The van der Waals surface area contributed by atoms with Crippen molar-refractivity contribution >= 4 is 54.1 Å². The van der Waals surface area contributed by atoms with Crippen LogP contribution in [0.25, 0.3) is 98.6 Å². The highest BCUT2D eigenvalue weighted by molar-refractivity contribution is 6.21. The van der Waals surface area contributed by atoms with Crippen molar-refractivity contribution in [1.82, 2.24) is 4.98 Å². The molecule has 1 N–H and O–H groups in total. The molecule has 1 heterocycles. The van der Waals surface area contributed by atoms with Gasteiger partial charge in [-0.2, -0.15) is 0 Å². The fourth-order valence-electron chi connectivity index (χ4n) is 7.84. The molecule has 0 saturated heterocycles. The predicted octanol–water partition coefficient (Wildman–Crippen LogP) is 13.4. The number of benzene rings is 9. The minimum absolute atomic E-state index is 1.16. The minimum Gasteiger partial charge on any atom is -0.354 e. The zero-order valence-electron chi connectivity index (χ0n) is 26.8. The molecule has 0 unspecified atom stereocenters. The zero-order chi connectivity index (χ0) is 32.3. The molecule has 1 aromatic heterocycles. The second-order valence-electron chi connectivity index (χ2n) is 13.0. The standard InChI is InChI=1S/C48H31N/c1-2-11-31(12-3-1)32-21-23-33(24-22-32)47-40-17-6-8-19-42(40)48(43-20-9-7-18-41(43)47)38-16-10-15-34(27-38)37-25-26-39-44-28-35-13-4-5-14-36(35)29-46(44)49-45(39)30-37/h1-30,49H. The summed E-state index contributed by atoms with van der Waals surface area (Å²) in [5.74, 6) is 0. The Morgan fingerprint density at radius 2 is 0.714 bits per heavy atom. The van der Waals surface area contributed by atoms with Crippen LogP contribution in [0.5, 0.6) is 0 Å². The van der Waals surface area contributed by atoms with Gasteiger partial charge in [-0.1, -0.05) is 158 Å². The van der Waals surface area contributed by atoms with E-state index in [2.05, 4.69) is 187 Å². The zero-order valence-corrected chi connectivity index (χ0v) is 26.8. The lowest BCUT2D eigenvalue weighted by atomic mass is 9.85. The molecule has 0 aliphatic heterocycles. The van der Waals surface area contributed by atoms with Gasteiger partial charge in [0.2, 0.25) is 0 Å². The number of fused-ring (bicyclic) bond motifs is 6. The molecule has 0 spiro atoms. The van der Waals surface area contributed by atoms with E-state index in [0.717, 1.165) is 5.52 Å². The van der Waals surface area contributed by atoms with Crippen LogP contribution < -0.4 is 0 Å². The first-order valence-electron chi connectivity index (χ1n) is 16.9. The Morgan fingerprint density at radius 1 is 0.245 bits per heavy atom. The molecule has 0 fully saturated rings. The molecule has 10 aromatic rings. The summed E-state index contributed by atoms with van der Waals surface area (Å²) in [6.45, 7) is 0. The van der Waals surface area contributed by atoms with Gasteiger partial charge in [0.25, 0.3) is 0 Å². The van der Waals surface area contributed by atoms with E-state index in [-0.39, 0.29) is 0 Å². The van der Waals surface area contributed by atoms with Crippen LogP contribution in [0.3, 0.4) is 0 Å². The van der Waals surface area contributed by atoms with Crippen molar-refractivity contribution in [2.45, 2.75) is 0 Å². The number of H-pyrrole nitrogens is 1. The molecule has 49 heavy (non-hydrogen) atoms. The molecule has 0 aliphatic rings. The summed E-state index contributed by atoms with van der Waals surface area (Å²) in [5.41, 5.74) is 12.2. The highest BCUT2D eigenvalue weighted by Crippen LogP contribution is 2.44. The van der Waals surface area contributed by atoms with Gasteiger partial charge in [0.05, 0.1) is 0 Å². The van der Waals surface area contributed by atoms with Gasteiger partial charge in [-0.15, -0.1) is 0 Å². The largest absolute Gasteiger partial charge is 0.354 e. The normalized spacial score (nSPS) is 11.7. The van der Waals surface area contributed by atoms with Crippen LogP contribution in [-0.4, -0.2) is 4.98 Å². The molecular weight excluding hydrogens is 591 g/mol. The van der Waals surface area contributed by atoms with Gasteiger partial charge in [0.15, 0.2) is 0 Å². The summed E-state index contributed by atoms with van der Waals surface area (Å²) in [4.78, 5) is 3.71. The summed E-state index contributed by atoms with van der Waals surface area (Å²) in [6.07, 6.45) is 0. The lowest BCUT2D eigenvalue weighted by Crippen LogP contribution is -1.91. The molecule has 228 valence electrons. The first kappa shape index (κ1) is 27.7. The summed E-state index contributed by atoms with van der Waals surface area (Å²) in [6, 6.07) is 66.5. The van der Waals surface area contributed by atoms with E-state index < -0.39 is 0 Å². The Bertz CT molecular complexity index is 2800. The van der Waals surface area contributed by atoms with Crippen molar-refractivity contribution in [1.29, 1.82) is 0 Å². The van der Waals surface area contributed by atoms with Crippen LogP contribution >= 0.6 is 0 Å². The number of nitrogens with one attached hydrogen (secondary N) is 1. The van der Waals surface area contributed by atoms with Crippen molar-refractivity contribution in [2.75, 3.05) is 0 Å². The van der Waals surface area contributed by atoms with Crippen LogP contribution in [0.4, 0.5) is 0 Å². The monoisotopic (exact) mass is 621 g/mol. The number of hydrogen-bond acceptors (Lipinski definition) is 0. The summed E-state index contributed by atoms with van der Waals surface area (Å²) in [7, 11) is 0. The van der Waals surface area contributed by atoms with E-state index >= 15 is 0 Å². The van der Waals surface area contributed by atoms with Gasteiger partial charge in [0.1, 0.15) is 0 Å². The average molecular weight is 622 g/mol. The highest BCUT2D eigenvalue weighted by Gasteiger charge is 2.17. The third kappa shape index (κ3) is 4.55. The molecular formula is C48H31N. The Balaban J connectivity index is 1.12. The SMILES string of the molecule is c1ccc(-c2ccc(-c3c4ccccc4c(-c4cccc(-c5ccc6c(c5)[nH]c5cc7ccccc7cc56)c4)c4ccccc34)cc2)cc1. The van der Waals surface area contributed by atoms with Gasteiger partial charge in [-0.3, -0.25) is 0 Å². The van der Waals surface area contributed by atoms with E-state index in [1.807, 2.05) is 0 Å². The maximum atomic E-state index is 3.71. The quantitative estimate of drug-likeness (QED) is 0.188. The maximum absolute atomic E-state index is 3.71. The highest BCUT2D eigenvalue weighted by atomic mass is 14.7. The topological polar surface area (TPSA) is 15.8 Å². The fraction of sp³-hybridized carbons (Fsp3) is 0. The van der Waals surface area contributed by atoms with Crippen molar-refractivity contribution in [3.8, 4) is 44.5 Å². The molecule has 0 saturated carbocycles. The Hall–Kier alpha value is -6.44. The Morgan fingerprint density at radius 3 is 1.41 bits per heavy atom. The average Bonchev–Trinajstić information content (AvgIpc) is 3.53. The Kier molecular flexibility index (Phi) is 6.25. The van der Waals surface area contributed by atoms with E-state index in [1.165, 1.54) is 93.1 Å². The van der Waals surface area contributed by atoms with Crippen molar-refractivity contribution in [2.24, 2.45) is 0 Å². The van der Waals surface area contributed by atoms with Gasteiger partial charge < -0.3 is 4.98 Å². The fourth-order valence-corrected chi connectivity index (χ4v) is 7.84. The van der Waals surface area contributed by atoms with E-state index in [9.17, 15) is 0 Å². The van der Waals surface area contributed by atoms with Gasteiger partial charge in [0, 0.05) is 21.8 Å². The Labute approximate surface area is 284 Å². The second-order valence-corrected chi connectivity index (χ2v) is 13.0. The first-order valence-corrected chi connectivity index (χ1v) is 16.9. The first-order chi connectivity index (χ1) is 24.3. The van der Waals surface area contributed by atoms with Gasteiger partial charge >= 0.3 is 0 Å². The predicted molar refractivity (Wildman–Crippen MR) is 210 cm³/mol. The minimum atomic E-state index is 1.16. The van der Waals surface area contributed by atoms with Crippen molar-refractivity contribution in [3.63, 3.8) is 0 Å². The van der Waals surface area contributed by atoms with Gasteiger partial charge in [-0.25, -0.2) is 0 Å². The number of aromatic amines is 1. The summed E-state index contributed by atoms with van der Waals surface area (Å²) < 4.78 is 0. The molecule has 0 radical (unpaired) electrons. The molecule has 0 atom stereocenters. The number of rotatable bonds is 4. The lowest BCUT2D eigenvalue weighted by Gasteiger charge is -2.18. The molecule has 9 aromatic carbocycles. The van der Waals surface area contributed by atoms with E-state index in [1.54, 1.807) is 0 Å². The van der Waals surface area contributed by atoms with E-state index in [4.69, 9.17) is 0 Å². The number of aromatic nitrogens is 1.